The fourth-order valence-corrected chi connectivity index (χ4v) is 6.50. The quantitative estimate of drug-likeness (QED) is 0.119. The van der Waals surface area contributed by atoms with Crippen molar-refractivity contribution in [2.24, 2.45) is 0 Å². The molecule has 0 saturated carbocycles. The van der Waals surface area contributed by atoms with E-state index in [1.807, 2.05) is 24.3 Å². The van der Waals surface area contributed by atoms with Crippen molar-refractivity contribution in [1.82, 2.24) is 0 Å². The number of hydrogen-bond acceptors (Lipinski definition) is 7. The molecule has 0 aliphatic heterocycles. The van der Waals surface area contributed by atoms with Gasteiger partial charge in [-0.3, -0.25) is 0 Å². The molecule has 7 nitrogen and oxygen atoms in total. The first kappa shape index (κ1) is 42.1. The van der Waals surface area contributed by atoms with Crippen molar-refractivity contribution in [3.63, 3.8) is 0 Å². The third-order valence-electron chi connectivity index (χ3n) is 9.79. The molecule has 292 valence electrons. The number of nitrogens with zero attached hydrogens (tertiary/aromatic N) is 2. The maximum Gasteiger partial charge on any atom is 0.519 e. The lowest BCUT2D eigenvalue weighted by atomic mass is 9.79. The number of carbonyl (C=O) groups is 1. The molecule has 4 rings (SSSR count). The summed E-state index contributed by atoms with van der Waals surface area (Å²) < 4.78 is 23.5. The van der Waals surface area contributed by atoms with Gasteiger partial charge in [0.2, 0.25) is 0 Å². The lowest BCUT2D eigenvalue weighted by molar-refractivity contribution is 0.148. The van der Waals surface area contributed by atoms with E-state index >= 15 is 0 Å². The van der Waals surface area contributed by atoms with Crippen molar-refractivity contribution in [2.45, 2.75) is 118 Å². The van der Waals surface area contributed by atoms with Crippen LogP contribution in [-0.2, 0) is 34.7 Å². The van der Waals surface area contributed by atoms with Gasteiger partial charge in [-0.05, 0) is 81.3 Å². The molecule has 0 radical (unpaired) electrons. The second kappa shape index (κ2) is 16.0. The maximum atomic E-state index is 14.2. The Balaban J connectivity index is 1.76. The van der Waals surface area contributed by atoms with Crippen molar-refractivity contribution in [3.8, 4) is 23.0 Å². The molecule has 4 aromatic carbocycles. The zero-order chi connectivity index (χ0) is 40.4. The van der Waals surface area contributed by atoms with Crippen LogP contribution in [0.4, 0.5) is 16.2 Å². The van der Waals surface area contributed by atoms with Crippen LogP contribution >= 0.6 is 0 Å². The molecular weight excluding hydrogens is 673 g/mol. The lowest BCUT2D eigenvalue weighted by Crippen LogP contribution is -2.27. The molecule has 54 heavy (non-hydrogen) atoms. The Morgan fingerprint density at radius 2 is 0.741 bits per heavy atom. The highest BCUT2D eigenvalue weighted by Crippen LogP contribution is 2.45. The van der Waals surface area contributed by atoms with Crippen LogP contribution in [-0.4, -0.2) is 34.5 Å². The highest BCUT2D eigenvalue weighted by molar-refractivity contribution is 5.73. The van der Waals surface area contributed by atoms with Crippen LogP contribution in [0.15, 0.2) is 72.8 Å². The second-order valence-electron chi connectivity index (χ2n) is 18.6. The molecule has 0 unspecified atom stereocenters. The molecule has 0 fully saturated rings. The molecule has 7 heteroatoms. The van der Waals surface area contributed by atoms with E-state index in [1.165, 1.54) is 11.1 Å². The van der Waals surface area contributed by atoms with Crippen LogP contribution in [0.25, 0.3) is 0 Å². The summed E-state index contributed by atoms with van der Waals surface area (Å²) in [5, 5.41) is 0. The first-order valence-electron chi connectivity index (χ1n) is 18.9. The van der Waals surface area contributed by atoms with Gasteiger partial charge in [-0.1, -0.05) is 107 Å². The third kappa shape index (κ3) is 10.3. The molecule has 0 amide bonds. The standard InChI is InChI=1S/C47H64N2O5/c1-44(2,3)37-25-33(48(13)29-31-17-21-35(51-15)22-18-31)26-38(45(4,5)6)41(37)53-43(50)54-42-39(46(7,8)9)27-34(28-40(42)47(10,11)12)49(14)30-32-19-23-36(52-16)24-20-32/h17-28H,29-30H2,1-16H3. The number of rotatable bonds is 10. The van der Waals surface area contributed by atoms with Crippen LogP contribution in [0.3, 0.4) is 0 Å². The molecular formula is C47H64N2O5. The normalized spacial score (nSPS) is 12.3. The average molecular weight is 737 g/mol. The largest absolute Gasteiger partial charge is 0.519 e. The van der Waals surface area contributed by atoms with Gasteiger partial charge in [0, 0.05) is 60.8 Å². The van der Waals surface area contributed by atoms with Gasteiger partial charge in [-0.15, -0.1) is 0 Å². The van der Waals surface area contributed by atoms with E-state index in [2.05, 4.69) is 156 Å². The van der Waals surface area contributed by atoms with Crippen molar-refractivity contribution < 1.29 is 23.7 Å². The fraction of sp³-hybridized carbons (Fsp3) is 0.468. The van der Waals surface area contributed by atoms with Crippen LogP contribution in [0.2, 0.25) is 0 Å². The van der Waals surface area contributed by atoms with Gasteiger partial charge in [-0.25, -0.2) is 4.79 Å². The van der Waals surface area contributed by atoms with E-state index in [-0.39, 0.29) is 21.7 Å². The summed E-state index contributed by atoms with van der Waals surface area (Å²) in [4.78, 5) is 18.7. The summed E-state index contributed by atoms with van der Waals surface area (Å²) in [6.07, 6.45) is -0.749. The SMILES string of the molecule is COc1ccc(CN(C)c2cc(C(C)(C)C)c(OC(=O)Oc3c(C(C)(C)C)cc(N(C)Cc4ccc(OC)cc4)cc3C(C)(C)C)c(C(C)(C)C)c2)cc1. The lowest BCUT2D eigenvalue weighted by Gasteiger charge is -2.33. The summed E-state index contributed by atoms with van der Waals surface area (Å²) in [5.74, 6) is 2.76. The molecule has 0 heterocycles. The first-order valence-corrected chi connectivity index (χ1v) is 18.9. The fourth-order valence-electron chi connectivity index (χ4n) is 6.50. The Morgan fingerprint density at radius 3 is 0.963 bits per heavy atom. The minimum atomic E-state index is -0.749. The predicted octanol–water partition coefficient (Wildman–Crippen LogP) is 11.7. The molecule has 0 aliphatic rings. The highest BCUT2D eigenvalue weighted by atomic mass is 16.7. The number of anilines is 2. The third-order valence-corrected chi connectivity index (χ3v) is 9.79. The van der Waals surface area contributed by atoms with E-state index in [1.54, 1.807) is 14.2 Å². The van der Waals surface area contributed by atoms with Crippen molar-refractivity contribution >= 4 is 17.5 Å². The van der Waals surface area contributed by atoms with Crippen LogP contribution in [0.1, 0.15) is 116 Å². The van der Waals surface area contributed by atoms with E-state index in [0.717, 1.165) is 45.1 Å². The van der Waals surface area contributed by atoms with Gasteiger partial charge in [0.1, 0.15) is 23.0 Å². The zero-order valence-corrected chi connectivity index (χ0v) is 35.8. The summed E-state index contributed by atoms with van der Waals surface area (Å²) in [6, 6.07) is 24.9. The topological polar surface area (TPSA) is 60.5 Å². The van der Waals surface area contributed by atoms with Crippen molar-refractivity contribution in [1.29, 1.82) is 0 Å². The molecule has 4 aromatic rings. The van der Waals surface area contributed by atoms with Gasteiger partial charge in [0.05, 0.1) is 14.2 Å². The monoisotopic (exact) mass is 736 g/mol. The Kier molecular flexibility index (Phi) is 12.5. The zero-order valence-electron chi connectivity index (χ0n) is 35.8. The Labute approximate surface area is 325 Å². The van der Waals surface area contributed by atoms with Crippen LogP contribution in [0, 0.1) is 0 Å². The Hall–Kier alpha value is -4.65. The molecule has 0 atom stereocenters. The Bertz CT molecular complexity index is 1690. The summed E-state index contributed by atoms with van der Waals surface area (Å²) in [5.41, 5.74) is 6.81. The number of benzene rings is 4. The summed E-state index contributed by atoms with van der Waals surface area (Å²) >= 11 is 0. The van der Waals surface area contributed by atoms with Gasteiger partial charge >= 0.3 is 6.16 Å². The minimum absolute atomic E-state index is 0.337. The molecule has 0 bridgehead atoms. The molecule has 0 aromatic heterocycles. The van der Waals surface area contributed by atoms with E-state index in [0.29, 0.717) is 24.6 Å². The number of methoxy groups -OCH3 is 2. The minimum Gasteiger partial charge on any atom is -0.497 e. The smallest absolute Gasteiger partial charge is 0.497 e. The predicted molar refractivity (Wildman–Crippen MR) is 225 cm³/mol. The molecule has 0 N–H and O–H groups in total. The van der Waals surface area contributed by atoms with Gasteiger partial charge in [-0.2, -0.15) is 0 Å². The van der Waals surface area contributed by atoms with Crippen molar-refractivity contribution in [2.75, 3.05) is 38.1 Å². The van der Waals surface area contributed by atoms with Crippen LogP contribution in [0.5, 0.6) is 23.0 Å². The number of ether oxygens (including phenoxy) is 4. The maximum absolute atomic E-state index is 14.2. The molecule has 0 aliphatic carbocycles. The van der Waals surface area contributed by atoms with Crippen molar-refractivity contribution in [3.05, 3.63) is 106 Å². The van der Waals surface area contributed by atoms with Crippen LogP contribution < -0.4 is 28.7 Å². The van der Waals surface area contributed by atoms with Gasteiger partial charge in [0.25, 0.3) is 0 Å². The number of carbonyl (C=O) groups excluding carboxylic acids is 1. The molecule has 0 saturated heterocycles. The van der Waals surface area contributed by atoms with E-state index < -0.39 is 6.16 Å². The van der Waals surface area contributed by atoms with Gasteiger partial charge < -0.3 is 28.7 Å². The van der Waals surface area contributed by atoms with Gasteiger partial charge in [0.15, 0.2) is 0 Å². The van der Waals surface area contributed by atoms with E-state index in [9.17, 15) is 4.79 Å². The Morgan fingerprint density at radius 1 is 0.481 bits per heavy atom. The molecule has 0 spiro atoms. The average Bonchev–Trinajstić information content (AvgIpc) is 3.06. The number of hydrogen-bond donors (Lipinski definition) is 0. The highest BCUT2D eigenvalue weighted by Gasteiger charge is 2.33. The second-order valence-corrected chi connectivity index (χ2v) is 18.6. The first-order chi connectivity index (χ1) is 24.9. The van der Waals surface area contributed by atoms with E-state index in [4.69, 9.17) is 18.9 Å². The summed E-state index contributed by atoms with van der Waals surface area (Å²) in [7, 11) is 7.54. The summed E-state index contributed by atoms with van der Waals surface area (Å²) in [6.45, 7) is 27.2.